The van der Waals surface area contributed by atoms with Crippen LogP contribution < -0.4 is 10.6 Å². The third-order valence-electron chi connectivity index (χ3n) is 4.85. The molecule has 6 nitrogen and oxygen atoms in total. The van der Waals surface area contributed by atoms with Crippen molar-refractivity contribution < 1.29 is 5.11 Å². The zero-order chi connectivity index (χ0) is 18.6. The molecule has 0 fully saturated rings. The van der Waals surface area contributed by atoms with Gasteiger partial charge in [0.2, 0.25) is 0 Å². The van der Waals surface area contributed by atoms with E-state index in [2.05, 4.69) is 44.6 Å². The van der Waals surface area contributed by atoms with Crippen molar-refractivity contribution in [2.45, 2.75) is 38.5 Å². The average Bonchev–Trinajstić information content (AvgIpc) is 3.31. The Labute approximate surface area is 186 Å². The maximum Gasteiger partial charge on any atom is 0.191 e. The zero-order valence-corrected chi connectivity index (χ0v) is 19.0. The highest BCUT2D eigenvalue weighted by Crippen LogP contribution is 2.29. The molecule has 150 valence electrons. The van der Waals surface area contributed by atoms with E-state index in [0.717, 1.165) is 23.5 Å². The second-order valence-corrected chi connectivity index (χ2v) is 7.92. The predicted octanol–water partition coefficient (Wildman–Crippen LogP) is 3.45. The number of aromatic nitrogens is 2. The van der Waals surface area contributed by atoms with Crippen molar-refractivity contribution in [3.8, 4) is 0 Å². The van der Waals surface area contributed by atoms with E-state index in [9.17, 15) is 5.11 Å². The van der Waals surface area contributed by atoms with Crippen LogP contribution in [0.1, 0.15) is 35.3 Å². The molecule has 0 radical (unpaired) electrons. The number of hydrogen-bond donors (Lipinski definition) is 3. The molecule has 1 unspecified atom stereocenters. The molecule has 0 aliphatic carbocycles. The van der Waals surface area contributed by atoms with Crippen molar-refractivity contribution in [3.05, 3.63) is 52.9 Å². The number of aliphatic hydroxyl groups excluding tert-OH is 1. The molecule has 2 aromatic heterocycles. The molecule has 0 saturated carbocycles. The van der Waals surface area contributed by atoms with Crippen molar-refractivity contribution in [3.63, 3.8) is 0 Å². The highest BCUT2D eigenvalue weighted by molar-refractivity contribution is 14.0. The van der Waals surface area contributed by atoms with Gasteiger partial charge in [0.05, 0.1) is 12.2 Å². The van der Waals surface area contributed by atoms with E-state index in [1.165, 1.54) is 28.8 Å². The Morgan fingerprint density at radius 3 is 2.96 bits per heavy atom. The third kappa shape index (κ3) is 4.84. The number of imidazole rings is 1. The number of rotatable bonds is 5. The summed E-state index contributed by atoms with van der Waals surface area (Å²) in [5.74, 6) is 1.85. The van der Waals surface area contributed by atoms with Gasteiger partial charge in [-0.15, -0.1) is 35.3 Å². The highest BCUT2D eigenvalue weighted by Gasteiger charge is 2.14. The molecular weight excluding hydrogens is 485 g/mol. The van der Waals surface area contributed by atoms with Crippen molar-refractivity contribution in [1.29, 1.82) is 0 Å². The number of aliphatic hydroxyl groups is 1. The normalized spacial score (nSPS) is 15.0. The number of thiophene rings is 1. The molecule has 28 heavy (non-hydrogen) atoms. The van der Waals surface area contributed by atoms with Crippen molar-refractivity contribution in [2.75, 3.05) is 13.6 Å². The van der Waals surface area contributed by atoms with Gasteiger partial charge in [0.1, 0.15) is 11.9 Å². The number of hydrogen-bond acceptors (Lipinski definition) is 4. The van der Waals surface area contributed by atoms with Crippen LogP contribution in [0.25, 0.3) is 10.1 Å². The van der Waals surface area contributed by atoms with Gasteiger partial charge in [0, 0.05) is 42.3 Å². The molecule has 4 rings (SSSR count). The van der Waals surface area contributed by atoms with Gasteiger partial charge in [-0.25, -0.2) is 4.98 Å². The van der Waals surface area contributed by atoms with Crippen LogP contribution in [-0.4, -0.2) is 34.2 Å². The van der Waals surface area contributed by atoms with Crippen LogP contribution >= 0.6 is 35.3 Å². The van der Waals surface area contributed by atoms with E-state index in [0.29, 0.717) is 19.0 Å². The number of aryl methyl sites for hydroxylation is 2. The van der Waals surface area contributed by atoms with Gasteiger partial charge in [0.15, 0.2) is 5.96 Å². The Bertz CT molecular complexity index is 895. The number of guanidine groups is 1. The number of nitrogens with one attached hydrogen (secondary N) is 2. The first-order valence-electron chi connectivity index (χ1n) is 9.39. The smallest absolute Gasteiger partial charge is 0.191 e. The quantitative estimate of drug-likeness (QED) is 0.279. The fraction of sp³-hybridized carbons (Fsp3) is 0.400. The third-order valence-corrected chi connectivity index (χ3v) is 6.07. The Morgan fingerprint density at radius 1 is 1.32 bits per heavy atom. The Kier molecular flexibility index (Phi) is 7.30. The van der Waals surface area contributed by atoms with E-state index in [1.807, 2.05) is 12.1 Å². The minimum atomic E-state index is -0.569. The van der Waals surface area contributed by atoms with Crippen LogP contribution in [-0.2, 0) is 19.5 Å². The summed E-state index contributed by atoms with van der Waals surface area (Å²) in [6.45, 7) is 2.10. The molecule has 0 amide bonds. The maximum absolute atomic E-state index is 10.5. The summed E-state index contributed by atoms with van der Waals surface area (Å²) < 4.78 is 3.44. The first-order valence-corrected chi connectivity index (χ1v) is 10.2. The van der Waals surface area contributed by atoms with E-state index in [4.69, 9.17) is 4.98 Å². The maximum atomic E-state index is 10.5. The van der Waals surface area contributed by atoms with Gasteiger partial charge in [-0.05, 0) is 30.4 Å². The van der Waals surface area contributed by atoms with Gasteiger partial charge in [0.25, 0.3) is 0 Å². The standard InChI is InChI=1S/C20H25N5OS.HI/c1-21-20(22-11-15-13-25-9-5-4-8-19(25)24-15)23-12-16(26)18-10-14-6-2-3-7-17(14)27-18;/h2-3,6-7,10,13,16,26H,4-5,8-9,11-12H2,1H3,(H2,21,22,23);1H. The van der Waals surface area contributed by atoms with Crippen molar-refractivity contribution >= 4 is 51.4 Å². The summed E-state index contributed by atoms with van der Waals surface area (Å²) in [7, 11) is 1.74. The molecule has 3 N–H and O–H groups in total. The molecule has 3 aromatic rings. The van der Waals surface area contributed by atoms with E-state index in [-0.39, 0.29) is 24.0 Å². The van der Waals surface area contributed by atoms with Gasteiger partial charge >= 0.3 is 0 Å². The highest BCUT2D eigenvalue weighted by atomic mass is 127. The number of halogens is 1. The Morgan fingerprint density at radius 2 is 2.18 bits per heavy atom. The predicted molar refractivity (Wildman–Crippen MR) is 126 cm³/mol. The Balaban J connectivity index is 0.00000225. The lowest BCUT2D eigenvalue weighted by atomic mass is 10.2. The first-order chi connectivity index (χ1) is 13.2. The van der Waals surface area contributed by atoms with Crippen LogP contribution in [0.15, 0.2) is 41.5 Å². The Hall–Kier alpha value is -1.65. The van der Waals surface area contributed by atoms with Crippen molar-refractivity contribution in [1.82, 2.24) is 20.2 Å². The number of fused-ring (bicyclic) bond motifs is 2. The first kappa shape index (κ1) is 21.1. The molecule has 1 atom stereocenters. The van der Waals surface area contributed by atoms with Crippen LogP contribution in [0.2, 0.25) is 0 Å². The lowest BCUT2D eigenvalue weighted by molar-refractivity contribution is 0.184. The molecule has 0 bridgehead atoms. The fourth-order valence-corrected chi connectivity index (χ4v) is 4.46. The average molecular weight is 511 g/mol. The number of nitrogens with zero attached hydrogens (tertiary/aromatic N) is 3. The number of benzene rings is 1. The van der Waals surface area contributed by atoms with E-state index in [1.54, 1.807) is 18.4 Å². The molecule has 0 saturated heterocycles. The van der Waals surface area contributed by atoms with E-state index < -0.39 is 6.10 Å². The van der Waals surface area contributed by atoms with Gasteiger partial charge in [-0.3, -0.25) is 4.99 Å². The molecule has 1 aliphatic heterocycles. The van der Waals surface area contributed by atoms with Crippen LogP contribution in [0.3, 0.4) is 0 Å². The monoisotopic (exact) mass is 511 g/mol. The summed E-state index contributed by atoms with van der Waals surface area (Å²) in [6.07, 6.45) is 5.08. The molecular formula is C20H26IN5OS. The molecule has 1 aromatic carbocycles. The van der Waals surface area contributed by atoms with Crippen LogP contribution in [0.5, 0.6) is 0 Å². The van der Waals surface area contributed by atoms with E-state index >= 15 is 0 Å². The summed E-state index contributed by atoms with van der Waals surface area (Å²) in [5.41, 5.74) is 1.03. The lowest BCUT2D eigenvalue weighted by Crippen LogP contribution is -2.39. The largest absolute Gasteiger partial charge is 0.386 e. The second-order valence-electron chi connectivity index (χ2n) is 6.81. The van der Waals surface area contributed by atoms with Gasteiger partial charge in [-0.1, -0.05) is 18.2 Å². The zero-order valence-electron chi connectivity index (χ0n) is 15.9. The van der Waals surface area contributed by atoms with Crippen molar-refractivity contribution in [2.24, 2.45) is 4.99 Å². The number of aliphatic imine (C=N–C) groups is 1. The molecule has 1 aliphatic rings. The van der Waals surface area contributed by atoms with Crippen LogP contribution in [0.4, 0.5) is 0 Å². The summed E-state index contributed by atoms with van der Waals surface area (Å²) in [5, 5.41) is 18.2. The minimum Gasteiger partial charge on any atom is -0.386 e. The molecule has 3 heterocycles. The van der Waals surface area contributed by atoms with Crippen LogP contribution in [0, 0.1) is 0 Å². The van der Waals surface area contributed by atoms with Gasteiger partial charge in [-0.2, -0.15) is 0 Å². The van der Waals surface area contributed by atoms with Gasteiger partial charge < -0.3 is 20.3 Å². The molecule has 0 spiro atoms. The topological polar surface area (TPSA) is 74.5 Å². The molecule has 8 heteroatoms. The summed E-state index contributed by atoms with van der Waals surface area (Å²) in [4.78, 5) is 9.90. The fourth-order valence-electron chi connectivity index (χ4n) is 3.41. The summed E-state index contributed by atoms with van der Waals surface area (Å²) >= 11 is 1.63. The minimum absolute atomic E-state index is 0. The lowest BCUT2D eigenvalue weighted by Gasteiger charge is -2.14. The SMILES string of the molecule is CN=C(NCc1cn2c(n1)CCCC2)NCC(O)c1cc2ccccc2s1.I. The summed E-state index contributed by atoms with van der Waals surface area (Å²) in [6, 6.07) is 10.2. The second kappa shape index (κ2) is 9.71.